The Balaban J connectivity index is 2.04. The summed E-state index contributed by atoms with van der Waals surface area (Å²) in [4.78, 5) is 15.4. The van der Waals surface area contributed by atoms with Crippen LogP contribution in [-0.2, 0) is 4.79 Å². The minimum absolute atomic E-state index is 0.174. The molecule has 3 N–H and O–H groups in total. The first-order valence-corrected chi connectivity index (χ1v) is 4.70. The Kier molecular flexibility index (Phi) is 2.17. The van der Waals surface area contributed by atoms with Gasteiger partial charge in [0, 0.05) is 6.20 Å². The van der Waals surface area contributed by atoms with Gasteiger partial charge in [0.05, 0.1) is 10.6 Å². The van der Waals surface area contributed by atoms with Crippen LogP contribution in [0.25, 0.3) is 0 Å². The molecule has 0 atom stereocenters. The number of amides is 1. The van der Waals surface area contributed by atoms with Gasteiger partial charge in [-0.1, -0.05) is 11.6 Å². The highest BCUT2D eigenvalue weighted by Crippen LogP contribution is 2.33. The highest BCUT2D eigenvalue weighted by atomic mass is 35.5. The van der Waals surface area contributed by atoms with E-state index in [0.717, 1.165) is 12.8 Å². The molecule has 1 heterocycles. The van der Waals surface area contributed by atoms with E-state index in [4.69, 9.17) is 17.3 Å². The molecule has 0 aromatic carbocycles. The minimum Gasteiger partial charge on any atom is -0.317 e. The summed E-state index contributed by atoms with van der Waals surface area (Å²) in [5.74, 6) is 0.309. The number of halogens is 1. The number of anilines is 1. The molecule has 2 rings (SSSR count). The van der Waals surface area contributed by atoms with Crippen molar-refractivity contribution in [2.24, 2.45) is 5.73 Å². The lowest BCUT2D eigenvalue weighted by atomic mass is 10.3. The third-order valence-electron chi connectivity index (χ3n) is 2.21. The Hall–Kier alpha value is -1.13. The number of nitrogens with two attached hydrogens (primary N) is 1. The predicted molar refractivity (Wildman–Crippen MR) is 54.0 cm³/mol. The van der Waals surface area contributed by atoms with Gasteiger partial charge >= 0.3 is 0 Å². The fraction of sp³-hybridized carbons (Fsp3) is 0.333. The zero-order valence-corrected chi connectivity index (χ0v) is 8.21. The van der Waals surface area contributed by atoms with Crippen LogP contribution in [0.5, 0.6) is 0 Å². The van der Waals surface area contributed by atoms with Crippen molar-refractivity contribution >= 4 is 23.3 Å². The number of carbonyl (C=O) groups excluding carboxylic acids is 1. The van der Waals surface area contributed by atoms with Gasteiger partial charge in [-0.15, -0.1) is 0 Å². The van der Waals surface area contributed by atoms with E-state index in [1.165, 1.54) is 6.20 Å². The van der Waals surface area contributed by atoms with Gasteiger partial charge in [-0.25, -0.2) is 4.98 Å². The number of pyridine rings is 1. The number of aromatic nitrogens is 1. The van der Waals surface area contributed by atoms with E-state index in [2.05, 4.69) is 10.3 Å². The molecule has 1 saturated carbocycles. The van der Waals surface area contributed by atoms with Crippen molar-refractivity contribution in [2.45, 2.75) is 18.4 Å². The second-order valence-corrected chi connectivity index (χ2v) is 3.91. The van der Waals surface area contributed by atoms with Crippen LogP contribution >= 0.6 is 11.6 Å². The third kappa shape index (κ3) is 1.86. The number of hydrogen-bond donors (Lipinski definition) is 2. The van der Waals surface area contributed by atoms with Gasteiger partial charge in [-0.05, 0) is 25.0 Å². The highest BCUT2D eigenvalue weighted by molar-refractivity contribution is 6.30. The Morgan fingerprint density at radius 3 is 2.79 bits per heavy atom. The maximum Gasteiger partial charge on any atom is 0.245 e. The topological polar surface area (TPSA) is 68.0 Å². The molecule has 1 aromatic rings. The van der Waals surface area contributed by atoms with Crippen molar-refractivity contribution in [3.8, 4) is 0 Å². The SMILES string of the molecule is NC1(C(=O)Nc2ccc(Cl)cn2)CC1. The van der Waals surface area contributed by atoms with Crippen molar-refractivity contribution < 1.29 is 4.79 Å². The molecule has 0 spiro atoms. The van der Waals surface area contributed by atoms with E-state index in [0.29, 0.717) is 10.8 Å². The van der Waals surface area contributed by atoms with Crippen LogP contribution in [0.3, 0.4) is 0 Å². The molecule has 1 amide bonds. The number of carbonyl (C=O) groups is 1. The Morgan fingerprint density at radius 2 is 2.29 bits per heavy atom. The van der Waals surface area contributed by atoms with Crippen LogP contribution in [0, 0.1) is 0 Å². The molecule has 1 fully saturated rings. The number of nitrogens with one attached hydrogen (secondary N) is 1. The second-order valence-electron chi connectivity index (χ2n) is 3.47. The van der Waals surface area contributed by atoms with E-state index >= 15 is 0 Å². The van der Waals surface area contributed by atoms with Gasteiger partial charge in [0.15, 0.2) is 0 Å². The summed E-state index contributed by atoms with van der Waals surface area (Å²) in [5, 5.41) is 3.18. The average Bonchev–Trinajstić information content (AvgIpc) is 2.89. The first-order chi connectivity index (χ1) is 6.60. The first-order valence-electron chi connectivity index (χ1n) is 4.32. The van der Waals surface area contributed by atoms with Gasteiger partial charge in [0.25, 0.3) is 0 Å². The van der Waals surface area contributed by atoms with Crippen molar-refractivity contribution in [2.75, 3.05) is 5.32 Å². The van der Waals surface area contributed by atoms with Crippen LogP contribution in [0.2, 0.25) is 5.02 Å². The zero-order valence-electron chi connectivity index (χ0n) is 7.46. The summed E-state index contributed by atoms with van der Waals surface area (Å²) in [7, 11) is 0. The summed E-state index contributed by atoms with van der Waals surface area (Å²) >= 11 is 5.65. The van der Waals surface area contributed by atoms with E-state index in [1.54, 1.807) is 12.1 Å². The number of rotatable bonds is 2. The molecule has 1 aliphatic carbocycles. The molecule has 1 aliphatic rings. The normalized spacial score (nSPS) is 17.6. The van der Waals surface area contributed by atoms with Crippen molar-refractivity contribution in [1.29, 1.82) is 0 Å². The van der Waals surface area contributed by atoms with E-state index < -0.39 is 5.54 Å². The largest absolute Gasteiger partial charge is 0.317 e. The zero-order chi connectivity index (χ0) is 10.2. The van der Waals surface area contributed by atoms with Gasteiger partial charge < -0.3 is 11.1 Å². The van der Waals surface area contributed by atoms with Gasteiger partial charge in [-0.2, -0.15) is 0 Å². The molecule has 1 aromatic heterocycles. The lowest BCUT2D eigenvalue weighted by Crippen LogP contribution is -2.38. The molecule has 0 aliphatic heterocycles. The average molecular weight is 212 g/mol. The Morgan fingerprint density at radius 1 is 1.57 bits per heavy atom. The molecule has 5 heteroatoms. The lowest BCUT2D eigenvalue weighted by molar-refractivity contribution is -0.118. The monoisotopic (exact) mass is 211 g/mol. The standard InChI is InChI=1S/C9H10ClN3O/c10-6-1-2-7(12-5-6)13-8(14)9(11)3-4-9/h1-2,5H,3-4,11H2,(H,12,13,14). The second kappa shape index (κ2) is 3.22. The summed E-state index contributed by atoms with van der Waals surface area (Å²) < 4.78 is 0. The molecule has 0 bridgehead atoms. The van der Waals surface area contributed by atoms with E-state index in [1.807, 2.05) is 0 Å². The van der Waals surface area contributed by atoms with Crippen LogP contribution < -0.4 is 11.1 Å². The van der Waals surface area contributed by atoms with Crippen LogP contribution in [0.4, 0.5) is 5.82 Å². The molecular formula is C9H10ClN3O. The summed E-state index contributed by atoms with van der Waals surface area (Å²) in [6.45, 7) is 0. The quantitative estimate of drug-likeness (QED) is 0.772. The fourth-order valence-electron chi connectivity index (χ4n) is 1.05. The van der Waals surface area contributed by atoms with Gasteiger partial charge in [0.2, 0.25) is 5.91 Å². The lowest BCUT2D eigenvalue weighted by Gasteiger charge is -2.08. The van der Waals surface area contributed by atoms with Crippen LogP contribution in [0.15, 0.2) is 18.3 Å². The molecule has 4 nitrogen and oxygen atoms in total. The summed E-state index contributed by atoms with van der Waals surface area (Å²) in [6, 6.07) is 3.31. The van der Waals surface area contributed by atoms with E-state index in [-0.39, 0.29) is 5.91 Å². The van der Waals surface area contributed by atoms with Crippen molar-refractivity contribution in [3.63, 3.8) is 0 Å². The van der Waals surface area contributed by atoms with Gasteiger partial charge in [-0.3, -0.25) is 4.79 Å². The fourth-order valence-corrected chi connectivity index (χ4v) is 1.16. The Bertz CT molecular complexity index is 359. The summed E-state index contributed by atoms with van der Waals surface area (Å²) in [6.07, 6.45) is 2.96. The van der Waals surface area contributed by atoms with Crippen LogP contribution in [-0.4, -0.2) is 16.4 Å². The molecule has 74 valence electrons. The number of hydrogen-bond acceptors (Lipinski definition) is 3. The minimum atomic E-state index is -0.665. The molecular weight excluding hydrogens is 202 g/mol. The molecule has 0 saturated heterocycles. The number of nitrogens with zero attached hydrogens (tertiary/aromatic N) is 1. The summed E-state index contributed by atoms with van der Waals surface area (Å²) in [5.41, 5.74) is 5.04. The van der Waals surface area contributed by atoms with E-state index in [9.17, 15) is 4.79 Å². The molecule has 0 unspecified atom stereocenters. The first kappa shape index (κ1) is 9.43. The third-order valence-corrected chi connectivity index (χ3v) is 2.43. The maximum atomic E-state index is 11.5. The molecule has 14 heavy (non-hydrogen) atoms. The smallest absolute Gasteiger partial charge is 0.245 e. The van der Waals surface area contributed by atoms with Crippen molar-refractivity contribution in [3.05, 3.63) is 23.4 Å². The van der Waals surface area contributed by atoms with Crippen LogP contribution in [0.1, 0.15) is 12.8 Å². The highest BCUT2D eigenvalue weighted by Gasteiger charge is 2.46. The predicted octanol–water partition coefficient (Wildman–Crippen LogP) is 1.16. The Labute approximate surface area is 86.5 Å². The maximum absolute atomic E-state index is 11.5. The molecule has 0 radical (unpaired) electrons. The van der Waals surface area contributed by atoms with Crippen molar-refractivity contribution in [1.82, 2.24) is 4.98 Å². The van der Waals surface area contributed by atoms with Gasteiger partial charge in [0.1, 0.15) is 5.82 Å².